The van der Waals surface area contributed by atoms with Crippen LogP contribution in [-0.4, -0.2) is 31.2 Å². The molecule has 1 aromatic heterocycles. The van der Waals surface area contributed by atoms with Crippen LogP contribution < -0.4 is 4.90 Å². The van der Waals surface area contributed by atoms with Crippen molar-refractivity contribution < 1.29 is 9.53 Å². The summed E-state index contributed by atoms with van der Waals surface area (Å²) in [5.41, 5.74) is 2.10. The van der Waals surface area contributed by atoms with Crippen molar-refractivity contribution in [3.63, 3.8) is 0 Å². The Hall–Kier alpha value is -3.01. The van der Waals surface area contributed by atoms with Crippen molar-refractivity contribution in [2.24, 2.45) is 0 Å². The minimum absolute atomic E-state index is 0.200. The van der Waals surface area contributed by atoms with E-state index in [1.807, 2.05) is 30.3 Å². The molecule has 3 rings (SSSR count). The molecule has 26 heavy (non-hydrogen) atoms. The van der Waals surface area contributed by atoms with Crippen LogP contribution in [0.1, 0.15) is 11.1 Å². The van der Waals surface area contributed by atoms with Crippen molar-refractivity contribution in [3.8, 4) is 6.07 Å². The Bertz CT molecular complexity index is 955. The molecule has 0 N–H and O–H groups in total. The monoisotopic (exact) mass is 363 g/mol. The highest BCUT2D eigenvalue weighted by Gasteiger charge is 2.17. The number of ether oxygens (including phenoxy) is 1. The van der Waals surface area contributed by atoms with Crippen molar-refractivity contribution in [1.29, 1.82) is 5.26 Å². The van der Waals surface area contributed by atoms with E-state index < -0.39 is 0 Å². The molecule has 130 valence electrons. The maximum absolute atomic E-state index is 12.8. The molecule has 0 atom stereocenters. The van der Waals surface area contributed by atoms with Crippen LogP contribution in [0.2, 0.25) is 0 Å². The normalized spacial score (nSPS) is 10.9. The molecule has 3 aromatic rings. The van der Waals surface area contributed by atoms with Gasteiger partial charge in [0.05, 0.1) is 35.0 Å². The highest BCUT2D eigenvalue weighted by Crippen LogP contribution is 2.28. The molecule has 2 aromatic carbocycles. The molecule has 0 radical (unpaired) electrons. The molecular weight excluding hydrogens is 346 g/mol. The largest absolute Gasteiger partial charge is 0.383 e. The van der Waals surface area contributed by atoms with Crippen LogP contribution in [-0.2, 0) is 9.53 Å². The fourth-order valence-corrected chi connectivity index (χ4v) is 3.45. The summed E-state index contributed by atoms with van der Waals surface area (Å²) in [4.78, 5) is 18.9. The van der Waals surface area contributed by atoms with Gasteiger partial charge in [0, 0.05) is 13.2 Å². The average Bonchev–Trinajstić information content (AvgIpc) is 3.10. The molecule has 0 saturated heterocycles. The number of nitrogens with zero attached hydrogens (tertiary/aromatic N) is 3. The SMILES string of the molecule is COCCN(C(=O)/C=C/c1ccccc1C#N)c1nc2ccccc2s1. The number of anilines is 1. The highest BCUT2D eigenvalue weighted by molar-refractivity contribution is 7.22. The van der Waals surface area contributed by atoms with Gasteiger partial charge in [0.2, 0.25) is 0 Å². The molecule has 1 amide bonds. The van der Waals surface area contributed by atoms with Crippen LogP contribution in [0.4, 0.5) is 5.13 Å². The molecule has 0 fully saturated rings. The predicted molar refractivity (Wildman–Crippen MR) is 104 cm³/mol. The van der Waals surface area contributed by atoms with Gasteiger partial charge in [-0.3, -0.25) is 9.69 Å². The molecular formula is C20H17N3O2S. The van der Waals surface area contributed by atoms with Crippen LogP contribution in [0.25, 0.3) is 16.3 Å². The lowest BCUT2D eigenvalue weighted by molar-refractivity contribution is -0.114. The summed E-state index contributed by atoms with van der Waals surface area (Å²) in [5.74, 6) is -0.200. The number of fused-ring (bicyclic) bond motifs is 1. The predicted octanol–water partition coefficient (Wildman–Crippen LogP) is 3.86. The topological polar surface area (TPSA) is 66.2 Å². The van der Waals surface area contributed by atoms with Gasteiger partial charge in [0.15, 0.2) is 5.13 Å². The second-order valence-corrected chi connectivity index (χ2v) is 6.49. The zero-order valence-corrected chi connectivity index (χ0v) is 15.1. The smallest absolute Gasteiger partial charge is 0.252 e. The average molecular weight is 363 g/mol. The summed E-state index contributed by atoms with van der Waals surface area (Å²) in [6.07, 6.45) is 3.13. The van der Waals surface area contributed by atoms with E-state index >= 15 is 0 Å². The molecule has 1 heterocycles. The second-order valence-electron chi connectivity index (χ2n) is 5.48. The zero-order valence-electron chi connectivity index (χ0n) is 14.3. The molecule has 5 nitrogen and oxygen atoms in total. The standard InChI is InChI=1S/C20H17N3O2S/c1-25-13-12-23(20-22-17-8-4-5-9-18(17)26-20)19(24)11-10-15-6-2-3-7-16(15)14-21/h2-11H,12-13H2,1H3/b11-10+. The van der Waals surface area contributed by atoms with E-state index in [0.29, 0.717) is 29.4 Å². The van der Waals surface area contributed by atoms with Crippen LogP contribution in [0.15, 0.2) is 54.6 Å². The lowest BCUT2D eigenvalue weighted by Gasteiger charge is -2.17. The van der Waals surface area contributed by atoms with E-state index in [1.54, 1.807) is 36.3 Å². The van der Waals surface area contributed by atoms with Crippen molar-refractivity contribution in [1.82, 2.24) is 4.98 Å². The maximum atomic E-state index is 12.8. The number of methoxy groups -OCH3 is 1. The van der Waals surface area contributed by atoms with Crippen molar-refractivity contribution in [2.75, 3.05) is 25.2 Å². The van der Waals surface area contributed by atoms with E-state index in [0.717, 1.165) is 10.2 Å². The molecule has 0 bridgehead atoms. The summed E-state index contributed by atoms with van der Waals surface area (Å²) >= 11 is 1.47. The third-order valence-electron chi connectivity index (χ3n) is 3.79. The van der Waals surface area contributed by atoms with Gasteiger partial charge in [-0.15, -0.1) is 0 Å². The second kappa shape index (κ2) is 8.39. The minimum atomic E-state index is -0.200. The fourth-order valence-electron chi connectivity index (χ4n) is 2.45. The van der Waals surface area contributed by atoms with Gasteiger partial charge in [0.25, 0.3) is 5.91 Å². The Kier molecular flexibility index (Phi) is 5.74. The molecule has 0 aliphatic rings. The van der Waals surface area contributed by atoms with Crippen molar-refractivity contribution >= 4 is 38.7 Å². The molecule has 0 saturated carbocycles. The van der Waals surface area contributed by atoms with Crippen LogP contribution in [0, 0.1) is 11.3 Å². The Morgan fingerprint density at radius 3 is 2.81 bits per heavy atom. The summed E-state index contributed by atoms with van der Waals surface area (Å²) < 4.78 is 6.16. The Morgan fingerprint density at radius 1 is 1.27 bits per heavy atom. The van der Waals surface area contributed by atoms with Gasteiger partial charge in [-0.1, -0.05) is 41.7 Å². The Morgan fingerprint density at radius 2 is 2.04 bits per heavy atom. The van der Waals surface area contributed by atoms with Gasteiger partial charge in [0.1, 0.15) is 0 Å². The van der Waals surface area contributed by atoms with Crippen LogP contribution >= 0.6 is 11.3 Å². The maximum Gasteiger partial charge on any atom is 0.252 e. The molecule has 0 unspecified atom stereocenters. The Balaban J connectivity index is 1.88. The first kappa shape index (κ1) is 17.8. The number of carbonyl (C=O) groups is 1. The first-order valence-electron chi connectivity index (χ1n) is 8.06. The summed E-state index contributed by atoms with van der Waals surface area (Å²) in [6, 6.07) is 17.1. The van der Waals surface area contributed by atoms with E-state index in [4.69, 9.17) is 10.00 Å². The number of benzene rings is 2. The lowest BCUT2D eigenvalue weighted by Crippen LogP contribution is -2.32. The molecule has 0 spiro atoms. The number of rotatable bonds is 6. The van der Waals surface area contributed by atoms with E-state index in [-0.39, 0.29) is 5.91 Å². The van der Waals surface area contributed by atoms with Gasteiger partial charge in [-0.05, 0) is 29.8 Å². The number of aromatic nitrogens is 1. The van der Waals surface area contributed by atoms with E-state index in [9.17, 15) is 4.79 Å². The number of amides is 1. The number of hydrogen-bond acceptors (Lipinski definition) is 5. The zero-order chi connectivity index (χ0) is 18.4. The summed E-state index contributed by atoms with van der Waals surface area (Å²) in [5, 5.41) is 9.79. The highest BCUT2D eigenvalue weighted by atomic mass is 32.1. The first-order valence-corrected chi connectivity index (χ1v) is 8.88. The van der Waals surface area contributed by atoms with E-state index in [1.165, 1.54) is 17.4 Å². The van der Waals surface area contributed by atoms with Crippen molar-refractivity contribution in [2.45, 2.75) is 0 Å². The van der Waals surface area contributed by atoms with Crippen molar-refractivity contribution in [3.05, 3.63) is 65.7 Å². The molecule has 0 aliphatic carbocycles. The van der Waals surface area contributed by atoms with E-state index in [2.05, 4.69) is 11.1 Å². The number of para-hydroxylation sites is 1. The molecule has 0 aliphatic heterocycles. The number of carbonyl (C=O) groups excluding carboxylic acids is 1. The third-order valence-corrected chi connectivity index (χ3v) is 4.84. The fraction of sp³-hybridized carbons (Fsp3) is 0.150. The van der Waals surface area contributed by atoms with Crippen LogP contribution in [0.3, 0.4) is 0 Å². The number of thiazole rings is 1. The van der Waals surface area contributed by atoms with Gasteiger partial charge in [-0.25, -0.2) is 4.98 Å². The first-order chi connectivity index (χ1) is 12.7. The lowest BCUT2D eigenvalue weighted by atomic mass is 10.1. The quantitative estimate of drug-likeness (QED) is 0.624. The van der Waals surface area contributed by atoms with Gasteiger partial charge in [-0.2, -0.15) is 5.26 Å². The Labute approximate surface area is 155 Å². The third kappa shape index (κ3) is 3.97. The molecule has 6 heteroatoms. The number of hydrogen-bond donors (Lipinski definition) is 0. The van der Waals surface area contributed by atoms with Gasteiger partial charge >= 0.3 is 0 Å². The number of nitriles is 1. The summed E-state index contributed by atoms with van der Waals surface area (Å²) in [7, 11) is 1.60. The minimum Gasteiger partial charge on any atom is -0.383 e. The van der Waals surface area contributed by atoms with Gasteiger partial charge < -0.3 is 4.74 Å². The summed E-state index contributed by atoms with van der Waals surface area (Å²) in [6.45, 7) is 0.809. The van der Waals surface area contributed by atoms with Crippen LogP contribution in [0.5, 0.6) is 0 Å².